The summed E-state index contributed by atoms with van der Waals surface area (Å²) in [5.74, 6) is 2.70. The van der Waals surface area contributed by atoms with Crippen LogP contribution in [-0.2, 0) is 0 Å². The molecule has 0 radical (unpaired) electrons. The molecule has 2 unspecified atom stereocenters. The molecule has 0 aromatic rings. The van der Waals surface area contributed by atoms with Crippen LogP contribution in [0.25, 0.3) is 0 Å². The van der Waals surface area contributed by atoms with Crippen molar-refractivity contribution in [2.24, 2.45) is 23.5 Å². The van der Waals surface area contributed by atoms with Gasteiger partial charge in [-0.05, 0) is 50.0 Å². The lowest BCUT2D eigenvalue weighted by atomic mass is 9.71. The van der Waals surface area contributed by atoms with Crippen LogP contribution in [0.5, 0.6) is 0 Å². The molecule has 2 aliphatic carbocycles. The Morgan fingerprint density at radius 3 is 2.31 bits per heavy atom. The van der Waals surface area contributed by atoms with Crippen molar-refractivity contribution in [3.05, 3.63) is 0 Å². The van der Waals surface area contributed by atoms with E-state index in [9.17, 15) is 0 Å². The summed E-state index contributed by atoms with van der Waals surface area (Å²) in [5, 5.41) is 3.79. The van der Waals surface area contributed by atoms with Gasteiger partial charge in [0.15, 0.2) is 0 Å². The van der Waals surface area contributed by atoms with E-state index in [2.05, 4.69) is 19.2 Å². The fraction of sp³-hybridized carbons (Fsp3) is 1.00. The molecule has 2 fully saturated rings. The van der Waals surface area contributed by atoms with Crippen LogP contribution in [0.15, 0.2) is 0 Å². The van der Waals surface area contributed by atoms with E-state index in [1.54, 1.807) is 0 Å². The summed E-state index contributed by atoms with van der Waals surface area (Å²) in [7, 11) is 0. The van der Waals surface area contributed by atoms with Gasteiger partial charge in [-0.25, -0.2) is 0 Å². The molecule has 0 aromatic carbocycles. The minimum Gasteiger partial charge on any atom is -0.329 e. The summed E-state index contributed by atoms with van der Waals surface area (Å²) < 4.78 is 0. The summed E-state index contributed by atoms with van der Waals surface area (Å²) in [5.41, 5.74) is 6.29. The van der Waals surface area contributed by atoms with Gasteiger partial charge in [0.05, 0.1) is 0 Å². The maximum absolute atomic E-state index is 6.03. The minimum atomic E-state index is 0.256. The Morgan fingerprint density at radius 1 is 1.19 bits per heavy atom. The van der Waals surface area contributed by atoms with Gasteiger partial charge in [-0.2, -0.15) is 0 Å². The number of rotatable bonds is 5. The van der Waals surface area contributed by atoms with E-state index >= 15 is 0 Å². The molecule has 0 heterocycles. The van der Waals surface area contributed by atoms with Crippen LogP contribution in [0, 0.1) is 17.8 Å². The molecule has 0 bridgehead atoms. The first-order chi connectivity index (χ1) is 7.63. The quantitative estimate of drug-likeness (QED) is 0.753. The zero-order valence-electron chi connectivity index (χ0n) is 11.0. The third-order valence-corrected chi connectivity index (χ3v) is 4.42. The van der Waals surface area contributed by atoms with Crippen molar-refractivity contribution >= 4 is 0 Å². The van der Waals surface area contributed by atoms with E-state index in [-0.39, 0.29) is 5.54 Å². The SMILES string of the molecule is CC1CC(C)CC(CN)(NCCC2CC2)C1. The predicted molar refractivity (Wildman–Crippen MR) is 69.3 cm³/mol. The van der Waals surface area contributed by atoms with Crippen LogP contribution < -0.4 is 11.1 Å². The van der Waals surface area contributed by atoms with E-state index in [1.807, 2.05) is 0 Å². The zero-order chi connectivity index (χ0) is 11.6. The highest BCUT2D eigenvalue weighted by Gasteiger charge is 2.36. The standard InChI is InChI=1S/C14H28N2/c1-11-7-12(2)9-14(8-11,10-15)16-6-5-13-3-4-13/h11-13,16H,3-10,15H2,1-2H3. The first kappa shape index (κ1) is 12.4. The van der Waals surface area contributed by atoms with Crippen LogP contribution in [-0.4, -0.2) is 18.6 Å². The molecule has 2 saturated carbocycles. The summed E-state index contributed by atoms with van der Waals surface area (Å²) in [6.07, 6.45) is 8.22. The molecule has 0 aromatic heterocycles. The van der Waals surface area contributed by atoms with Crippen LogP contribution in [0.3, 0.4) is 0 Å². The molecule has 0 aliphatic heterocycles. The lowest BCUT2D eigenvalue weighted by Crippen LogP contribution is -2.55. The van der Waals surface area contributed by atoms with Crippen LogP contribution >= 0.6 is 0 Å². The zero-order valence-corrected chi connectivity index (χ0v) is 11.0. The molecule has 3 N–H and O–H groups in total. The van der Waals surface area contributed by atoms with Gasteiger partial charge in [-0.1, -0.05) is 26.7 Å². The van der Waals surface area contributed by atoms with E-state index in [0.29, 0.717) is 0 Å². The molecule has 16 heavy (non-hydrogen) atoms. The average Bonchev–Trinajstić information content (AvgIpc) is 3.00. The number of hydrogen-bond acceptors (Lipinski definition) is 2. The van der Waals surface area contributed by atoms with E-state index in [1.165, 1.54) is 45.1 Å². The van der Waals surface area contributed by atoms with Crippen molar-refractivity contribution in [2.75, 3.05) is 13.1 Å². The van der Waals surface area contributed by atoms with Crippen molar-refractivity contribution in [1.29, 1.82) is 0 Å². The Labute approximate surface area is 100 Å². The smallest absolute Gasteiger partial charge is 0.0309 e. The van der Waals surface area contributed by atoms with Gasteiger partial charge in [0.25, 0.3) is 0 Å². The van der Waals surface area contributed by atoms with Crippen molar-refractivity contribution in [3.63, 3.8) is 0 Å². The van der Waals surface area contributed by atoms with Crippen LogP contribution in [0.4, 0.5) is 0 Å². The topological polar surface area (TPSA) is 38.0 Å². The molecule has 0 saturated heterocycles. The molecule has 0 spiro atoms. The summed E-state index contributed by atoms with van der Waals surface area (Å²) >= 11 is 0. The molecule has 2 rings (SSSR count). The third kappa shape index (κ3) is 3.21. The van der Waals surface area contributed by atoms with Crippen molar-refractivity contribution in [2.45, 2.75) is 57.9 Å². The molecule has 2 atom stereocenters. The fourth-order valence-electron chi connectivity index (χ4n) is 3.60. The first-order valence-corrected chi connectivity index (χ1v) is 7.08. The lowest BCUT2D eigenvalue weighted by molar-refractivity contribution is 0.149. The highest BCUT2D eigenvalue weighted by atomic mass is 15.0. The molecular formula is C14H28N2. The van der Waals surface area contributed by atoms with Gasteiger partial charge in [0, 0.05) is 12.1 Å². The van der Waals surface area contributed by atoms with Crippen LogP contribution in [0.2, 0.25) is 0 Å². The Kier molecular flexibility index (Phi) is 3.91. The fourth-order valence-corrected chi connectivity index (χ4v) is 3.60. The van der Waals surface area contributed by atoms with Gasteiger partial charge in [-0.3, -0.25) is 0 Å². The molecule has 94 valence electrons. The number of hydrogen-bond donors (Lipinski definition) is 2. The highest BCUT2D eigenvalue weighted by Crippen LogP contribution is 2.36. The second-order valence-electron chi connectivity index (χ2n) is 6.50. The third-order valence-electron chi connectivity index (χ3n) is 4.42. The van der Waals surface area contributed by atoms with Crippen molar-refractivity contribution in [3.8, 4) is 0 Å². The van der Waals surface area contributed by atoms with E-state index < -0.39 is 0 Å². The normalized spacial score (nSPS) is 39.9. The van der Waals surface area contributed by atoms with Crippen molar-refractivity contribution in [1.82, 2.24) is 5.32 Å². The molecule has 2 aliphatic rings. The molecule has 2 nitrogen and oxygen atoms in total. The monoisotopic (exact) mass is 224 g/mol. The van der Waals surface area contributed by atoms with Gasteiger partial charge < -0.3 is 11.1 Å². The first-order valence-electron chi connectivity index (χ1n) is 7.08. The minimum absolute atomic E-state index is 0.256. The summed E-state index contributed by atoms with van der Waals surface area (Å²) in [4.78, 5) is 0. The number of nitrogens with two attached hydrogens (primary N) is 1. The summed E-state index contributed by atoms with van der Waals surface area (Å²) in [6, 6.07) is 0. The van der Waals surface area contributed by atoms with Gasteiger partial charge >= 0.3 is 0 Å². The largest absolute Gasteiger partial charge is 0.329 e. The van der Waals surface area contributed by atoms with Gasteiger partial charge in [-0.15, -0.1) is 0 Å². The van der Waals surface area contributed by atoms with Gasteiger partial charge in [0.2, 0.25) is 0 Å². The second kappa shape index (κ2) is 5.05. The maximum Gasteiger partial charge on any atom is 0.0309 e. The maximum atomic E-state index is 6.03. The Bertz CT molecular complexity index is 213. The number of nitrogens with one attached hydrogen (secondary N) is 1. The predicted octanol–water partition coefficient (Wildman–Crippen LogP) is 2.53. The van der Waals surface area contributed by atoms with E-state index in [4.69, 9.17) is 5.73 Å². The molecular weight excluding hydrogens is 196 g/mol. The van der Waals surface area contributed by atoms with Crippen molar-refractivity contribution < 1.29 is 0 Å². The summed E-state index contributed by atoms with van der Waals surface area (Å²) in [6.45, 7) is 6.75. The Balaban J connectivity index is 1.83. The van der Waals surface area contributed by atoms with E-state index in [0.717, 1.165) is 24.3 Å². The molecule has 0 amide bonds. The average molecular weight is 224 g/mol. The highest BCUT2D eigenvalue weighted by molar-refractivity contribution is 4.96. The Morgan fingerprint density at radius 2 is 1.81 bits per heavy atom. The van der Waals surface area contributed by atoms with Gasteiger partial charge in [0.1, 0.15) is 0 Å². The Hall–Kier alpha value is -0.0800. The van der Waals surface area contributed by atoms with Crippen LogP contribution in [0.1, 0.15) is 52.4 Å². The lowest BCUT2D eigenvalue weighted by Gasteiger charge is -2.43. The molecule has 2 heteroatoms. The second-order valence-corrected chi connectivity index (χ2v) is 6.50.